The van der Waals surface area contributed by atoms with Crippen LogP contribution in [-0.4, -0.2) is 0 Å². The van der Waals surface area contributed by atoms with Gasteiger partial charge >= 0.3 is 0 Å². The van der Waals surface area contributed by atoms with Gasteiger partial charge in [0.15, 0.2) is 0 Å². The Labute approximate surface area is 128 Å². The minimum absolute atomic E-state index is 1.23. The quantitative estimate of drug-likeness (QED) is 0.420. The number of rotatable bonds is 10. The molecule has 0 bridgehead atoms. The smallest absolute Gasteiger partial charge is 0.0178 e. The fourth-order valence-corrected chi connectivity index (χ4v) is 2.96. The molecule has 108 valence electrons. The summed E-state index contributed by atoms with van der Waals surface area (Å²) in [4.78, 5) is 0. The fraction of sp³-hybridized carbons (Fsp3) is 0.667. The summed E-state index contributed by atoms with van der Waals surface area (Å²) in [5.41, 5.74) is 3.15. The lowest BCUT2D eigenvalue weighted by Crippen LogP contribution is -1.96. The average Bonchev–Trinajstić information content (AvgIpc) is 2.41. The van der Waals surface area contributed by atoms with Gasteiger partial charge in [-0.2, -0.15) is 0 Å². The van der Waals surface area contributed by atoms with Gasteiger partial charge < -0.3 is 0 Å². The van der Waals surface area contributed by atoms with Crippen LogP contribution in [0.5, 0.6) is 0 Å². The number of aryl methyl sites for hydroxylation is 2. The molecule has 0 N–H and O–H groups in total. The third-order valence-corrected chi connectivity index (χ3v) is 4.26. The van der Waals surface area contributed by atoms with Crippen molar-refractivity contribution in [2.75, 3.05) is 0 Å². The molecule has 1 heteroatoms. The first-order chi connectivity index (χ1) is 9.27. The third-order valence-electron chi connectivity index (χ3n) is 3.77. The standard InChI is InChI=1S/C18H29Br/c1-3-5-7-9-11-16-13-14-18(19)15-17(16)12-10-8-6-4-2/h13-15H,3-12H2,1-2H3. The molecule has 0 amide bonds. The maximum Gasteiger partial charge on any atom is 0.0178 e. The highest BCUT2D eigenvalue weighted by molar-refractivity contribution is 9.10. The Morgan fingerprint density at radius 3 is 1.89 bits per heavy atom. The SMILES string of the molecule is CCCCCCc1ccc(Br)cc1CCCCCC. The van der Waals surface area contributed by atoms with Crippen LogP contribution in [-0.2, 0) is 12.8 Å². The molecule has 0 aliphatic carbocycles. The maximum atomic E-state index is 3.61. The van der Waals surface area contributed by atoms with E-state index in [0.29, 0.717) is 0 Å². The predicted octanol–water partition coefficient (Wildman–Crippen LogP) is 6.69. The monoisotopic (exact) mass is 324 g/mol. The molecular weight excluding hydrogens is 296 g/mol. The Morgan fingerprint density at radius 1 is 0.737 bits per heavy atom. The molecule has 0 aliphatic rings. The molecule has 1 rings (SSSR count). The molecule has 0 aromatic heterocycles. The van der Waals surface area contributed by atoms with E-state index in [1.165, 1.54) is 68.7 Å². The first-order valence-corrected chi connectivity index (χ1v) is 8.84. The summed E-state index contributed by atoms with van der Waals surface area (Å²) < 4.78 is 1.23. The van der Waals surface area contributed by atoms with Crippen molar-refractivity contribution in [2.45, 2.75) is 78.1 Å². The van der Waals surface area contributed by atoms with Crippen molar-refractivity contribution in [2.24, 2.45) is 0 Å². The lowest BCUT2D eigenvalue weighted by atomic mass is 9.97. The first kappa shape index (κ1) is 16.8. The van der Waals surface area contributed by atoms with Gasteiger partial charge in [0.25, 0.3) is 0 Å². The summed E-state index contributed by atoms with van der Waals surface area (Å²) in [6.45, 7) is 4.55. The lowest BCUT2D eigenvalue weighted by molar-refractivity contribution is 0.650. The minimum atomic E-state index is 1.23. The number of benzene rings is 1. The number of halogens is 1. The van der Waals surface area contributed by atoms with Crippen molar-refractivity contribution in [3.8, 4) is 0 Å². The summed E-state index contributed by atoms with van der Waals surface area (Å²) in [7, 11) is 0. The van der Waals surface area contributed by atoms with Crippen molar-refractivity contribution < 1.29 is 0 Å². The van der Waals surface area contributed by atoms with Crippen LogP contribution in [0, 0.1) is 0 Å². The Morgan fingerprint density at radius 2 is 1.32 bits per heavy atom. The van der Waals surface area contributed by atoms with E-state index < -0.39 is 0 Å². The van der Waals surface area contributed by atoms with Crippen LogP contribution in [0.2, 0.25) is 0 Å². The molecule has 0 radical (unpaired) electrons. The largest absolute Gasteiger partial charge is 0.0654 e. The minimum Gasteiger partial charge on any atom is -0.0654 e. The molecule has 0 nitrogen and oxygen atoms in total. The summed E-state index contributed by atoms with van der Waals surface area (Å²) in [5.74, 6) is 0. The van der Waals surface area contributed by atoms with Crippen molar-refractivity contribution in [1.82, 2.24) is 0 Å². The van der Waals surface area contributed by atoms with E-state index in [-0.39, 0.29) is 0 Å². The molecule has 0 aliphatic heterocycles. The lowest BCUT2D eigenvalue weighted by Gasteiger charge is -2.10. The van der Waals surface area contributed by atoms with Crippen LogP contribution in [0.15, 0.2) is 22.7 Å². The van der Waals surface area contributed by atoms with Crippen LogP contribution in [0.25, 0.3) is 0 Å². The first-order valence-electron chi connectivity index (χ1n) is 8.05. The molecule has 1 aromatic rings. The second-order valence-electron chi connectivity index (χ2n) is 5.53. The van der Waals surface area contributed by atoms with Gasteiger partial charge in [-0.1, -0.05) is 74.4 Å². The van der Waals surface area contributed by atoms with Gasteiger partial charge in [0.1, 0.15) is 0 Å². The fourth-order valence-electron chi connectivity index (χ4n) is 2.56. The zero-order valence-corrected chi connectivity index (χ0v) is 14.3. The van der Waals surface area contributed by atoms with E-state index in [1.807, 2.05) is 0 Å². The number of unbranched alkanes of at least 4 members (excludes halogenated alkanes) is 6. The Kier molecular flexibility index (Phi) is 9.24. The second-order valence-corrected chi connectivity index (χ2v) is 6.45. The van der Waals surface area contributed by atoms with Crippen LogP contribution >= 0.6 is 15.9 Å². The molecule has 0 saturated heterocycles. The molecule has 19 heavy (non-hydrogen) atoms. The van der Waals surface area contributed by atoms with Crippen molar-refractivity contribution in [3.05, 3.63) is 33.8 Å². The highest BCUT2D eigenvalue weighted by Gasteiger charge is 2.03. The molecule has 0 fully saturated rings. The summed E-state index contributed by atoms with van der Waals surface area (Å²) in [6.07, 6.45) is 13.3. The van der Waals surface area contributed by atoms with E-state index in [4.69, 9.17) is 0 Å². The van der Waals surface area contributed by atoms with Crippen LogP contribution < -0.4 is 0 Å². The highest BCUT2D eigenvalue weighted by Crippen LogP contribution is 2.21. The van der Waals surface area contributed by atoms with E-state index in [9.17, 15) is 0 Å². The molecular formula is C18H29Br. The molecule has 0 saturated carbocycles. The molecule has 0 spiro atoms. The summed E-state index contributed by atoms with van der Waals surface area (Å²) >= 11 is 3.61. The van der Waals surface area contributed by atoms with Gasteiger partial charge in [-0.15, -0.1) is 0 Å². The number of hydrogen-bond donors (Lipinski definition) is 0. The summed E-state index contributed by atoms with van der Waals surface area (Å²) in [6, 6.07) is 6.86. The predicted molar refractivity (Wildman–Crippen MR) is 89.8 cm³/mol. The van der Waals surface area contributed by atoms with E-state index in [0.717, 1.165) is 0 Å². The van der Waals surface area contributed by atoms with Gasteiger partial charge in [-0.25, -0.2) is 0 Å². The zero-order chi connectivity index (χ0) is 13.9. The number of hydrogen-bond acceptors (Lipinski definition) is 0. The zero-order valence-electron chi connectivity index (χ0n) is 12.7. The van der Waals surface area contributed by atoms with E-state index >= 15 is 0 Å². The van der Waals surface area contributed by atoms with Gasteiger partial charge in [0, 0.05) is 4.47 Å². The topological polar surface area (TPSA) is 0 Å². The van der Waals surface area contributed by atoms with Crippen molar-refractivity contribution in [3.63, 3.8) is 0 Å². The Hall–Kier alpha value is -0.300. The van der Waals surface area contributed by atoms with Crippen LogP contribution in [0.3, 0.4) is 0 Å². The maximum absolute atomic E-state index is 3.61. The van der Waals surface area contributed by atoms with Gasteiger partial charge in [0.05, 0.1) is 0 Å². The van der Waals surface area contributed by atoms with Crippen LogP contribution in [0.4, 0.5) is 0 Å². The van der Waals surface area contributed by atoms with E-state index in [2.05, 4.69) is 48.0 Å². The normalized spacial score (nSPS) is 10.9. The molecule has 0 atom stereocenters. The average molecular weight is 325 g/mol. The van der Waals surface area contributed by atoms with Gasteiger partial charge in [-0.05, 0) is 48.9 Å². The van der Waals surface area contributed by atoms with Crippen molar-refractivity contribution in [1.29, 1.82) is 0 Å². The third kappa shape index (κ3) is 7.15. The van der Waals surface area contributed by atoms with Crippen molar-refractivity contribution >= 4 is 15.9 Å². The Bertz CT molecular complexity index is 344. The highest BCUT2D eigenvalue weighted by atomic mass is 79.9. The Balaban J connectivity index is 2.48. The molecule has 0 heterocycles. The second kappa shape index (κ2) is 10.5. The van der Waals surface area contributed by atoms with E-state index in [1.54, 1.807) is 11.1 Å². The van der Waals surface area contributed by atoms with Crippen LogP contribution in [0.1, 0.15) is 76.3 Å². The molecule has 0 unspecified atom stereocenters. The van der Waals surface area contributed by atoms with Gasteiger partial charge in [0.2, 0.25) is 0 Å². The summed E-state index contributed by atoms with van der Waals surface area (Å²) in [5, 5.41) is 0. The van der Waals surface area contributed by atoms with Gasteiger partial charge in [-0.3, -0.25) is 0 Å². The molecule has 1 aromatic carbocycles.